The van der Waals surface area contributed by atoms with Crippen LogP contribution in [0.25, 0.3) is 0 Å². The van der Waals surface area contributed by atoms with E-state index in [0.717, 1.165) is 30.9 Å². The van der Waals surface area contributed by atoms with Crippen LogP contribution in [0.1, 0.15) is 90.9 Å². The largest absolute Gasteiger partial charge is 0.594 e. The Morgan fingerprint density at radius 3 is 1.52 bits per heavy atom. The molecule has 0 aliphatic rings. The Morgan fingerprint density at radius 2 is 1.03 bits per heavy atom. The van der Waals surface area contributed by atoms with Gasteiger partial charge < -0.3 is 14.7 Å². The molecule has 2 aromatic rings. The second kappa shape index (κ2) is 17.0. The van der Waals surface area contributed by atoms with E-state index in [1.807, 2.05) is 24.3 Å². The van der Waals surface area contributed by atoms with Gasteiger partial charge in [0.2, 0.25) is 5.69 Å². The molecule has 0 amide bonds. The lowest BCUT2D eigenvalue weighted by atomic mass is 10.1. The fourth-order valence-corrected chi connectivity index (χ4v) is 3.59. The summed E-state index contributed by atoms with van der Waals surface area (Å²) in [6.45, 7) is 5.90. The first-order chi connectivity index (χ1) is 16.2. The highest BCUT2D eigenvalue weighted by atomic mass is 16.5. The van der Waals surface area contributed by atoms with Crippen molar-refractivity contribution in [3.8, 4) is 11.5 Å². The van der Waals surface area contributed by atoms with Crippen molar-refractivity contribution in [1.29, 1.82) is 0 Å². The summed E-state index contributed by atoms with van der Waals surface area (Å²) >= 11 is 0. The summed E-state index contributed by atoms with van der Waals surface area (Å²) in [5.41, 5.74) is 1.07. The van der Waals surface area contributed by atoms with Crippen LogP contribution >= 0.6 is 0 Å². The first-order valence-corrected chi connectivity index (χ1v) is 12.9. The molecule has 5 nitrogen and oxygen atoms in total. The standard InChI is InChI=1S/C28H42N2O3/c1-3-5-7-9-11-13-23-32-27-19-15-25(16-20-27)29-30(31)26-17-21-28(22-18-26)33-24-14-12-10-8-6-4-2/h15-22H,3-14,23-24H2,1-2H3. The van der Waals surface area contributed by atoms with Gasteiger partial charge in [0.1, 0.15) is 17.2 Å². The van der Waals surface area contributed by atoms with E-state index < -0.39 is 0 Å². The second-order valence-corrected chi connectivity index (χ2v) is 8.59. The van der Waals surface area contributed by atoms with Gasteiger partial charge in [-0.25, -0.2) is 0 Å². The monoisotopic (exact) mass is 454 g/mol. The van der Waals surface area contributed by atoms with Crippen molar-refractivity contribution < 1.29 is 14.3 Å². The second-order valence-electron chi connectivity index (χ2n) is 8.59. The van der Waals surface area contributed by atoms with E-state index in [9.17, 15) is 5.21 Å². The number of unbranched alkanes of at least 4 members (excludes halogenated alkanes) is 10. The molecule has 2 aromatic carbocycles. The number of ether oxygens (including phenoxy) is 2. The predicted octanol–water partition coefficient (Wildman–Crippen LogP) is 9.09. The smallest absolute Gasteiger partial charge is 0.245 e. The number of hydrogen-bond acceptors (Lipinski definition) is 4. The molecule has 0 spiro atoms. The molecule has 0 heterocycles. The van der Waals surface area contributed by atoms with E-state index in [1.165, 1.54) is 64.2 Å². The molecule has 0 saturated carbocycles. The maximum Gasteiger partial charge on any atom is 0.245 e. The zero-order chi connectivity index (χ0) is 23.6. The van der Waals surface area contributed by atoms with Crippen LogP contribution in [0, 0.1) is 5.21 Å². The first-order valence-electron chi connectivity index (χ1n) is 12.9. The third-order valence-corrected chi connectivity index (χ3v) is 5.63. The number of azo groups is 1. The summed E-state index contributed by atoms with van der Waals surface area (Å²) in [6.07, 6.45) is 14.9. The van der Waals surface area contributed by atoms with Gasteiger partial charge >= 0.3 is 0 Å². The lowest BCUT2D eigenvalue weighted by molar-refractivity contribution is -0.435. The lowest BCUT2D eigenvalue weighted by Gasteiger charge is -2.07. The molecule has 0 aliphatic carbocycles. The van der Waals surface area contributed by atoms with Crippen molar-refractivity contribution in [3.63, 3.8) is 0 Å². The van der Waals surface area contributed by atoms with Crippen molar-refractivity contribution >= 4 is 11.4 Å². The van der Waals surface area contributed by atoms with E-state index in [1.54, 1.807) is 24.3 Å². The first kappa shape index (κ1) is 26.7. The van der Waals surface area contributed by atoms with Gasteiger partial charge in [-0.15, -0.1) is 0 Å². The van der Waals surface area contributed by atoms with E-state index in [0.29, 0.717) is 22.8 Å². The van der Waals surface area contributed by atoms with E-state index in [4.69, 9.17) is 9.47 Å². The van der Waals surface area contributed by atoms with Crippen LogP contribution in [0.15, 0.2) is 53.6 Å². The normalized spacial score (nSPS) is 11.5. The fraction of sp³-hybridized carbons (Fsp3) is 0.571. The van der Waals surface area contributed by atoms with Crippen LogP contribution in [0.4, 0.5) is 11.4 Å². The Labute approximate surface area is 200 Å². The number of hydrogen-bond donors (Lipinski definition) is 0. The summed E-state index contributed by atoms with van der Waals surface area (Å²) < 4.78 is 11.6. The molecule has 2 rings (SSSR count). The molecule has 0 radical (unpaired) electrons. The zero-order valence-electron chi connectivity index (χ0n) is 20.6. The Bertz CT molecular complexity index is 773. The van der Waals surface area contributed by atoms with Crippen LogP contribution in [0.2, 0.25) is 0 Å². The maximum absolute atomic E-state index is 12.4. The SMILES string of the molecule is CCCCCCCCOc1ccc(N=[N+]([O-])c2ccc(OCCCCCCCC)cc2)cc1. The minimum absolute atomic E-state index is 0.477. The quantitative estimate of drug-likeness (QED) is 0.0976. The number of nitrogens with zero attached hydrogens (tertiary/aromatic N) is 2. The van der Waals surface area contributed by atoms with Gasteiger partial charge in [-0.05, 0) is 49.2 Å². The predicted molar refractivity (Wildman–Crippen MR) is 136 cm³/mol. The Morgan fingerprint density at radius 1 is 0.606 bits per heavy atom. The van der Waals surface area contributed by atoms with E-state index in [-0.39, 0.29) is 0 Å². The van der Waals surface area contributed by atoms with Crippen LogP contribution in [0.5, 0.6) is 11.5 Å². The molecular weight excluding hydrogens is 412 g/mol. The van der Waals surface area contributed by atoms with Gasteiger partial charge in [0.05, 0.1) is 13.2 Å². The van der Waals surface area contributed by atoms with Gasteiger partial charge in [-0.3, -0.25) is 0 Å². The summed E-state index contributed by atoms with van der Waals surface area (Å²) in [5.74, 6) is 1.60. The van der Waals surface area contributed by atoms with E-state index >= 15 is 0 Å². The molecule has 0 saturated heterocycles. The van der Waals surface area contributed by atoms with Crippen molar-refractivity contribution in [1.82, 2.24) is 0 Å². The highest BCUT2D eigenvalue weighted by Crippen LogP contribution is 2.23. The third-order valence-electron chi connectivity index (χ3n) is 5.63. The van der Waals surface area contributed by atoms with Gasteiger partial charge in [-0.2, -0.15) is 0 Å². The number of rotatable bonds is 18. The van der Waals surface area contributed by atoms with Gasteiger partial charge in [0.25, 0.3) is 0 Å². The summed E-state index contributed by atoms with van der Waals surface area (Å²) in [7, 11) is 0. The molecular formula is C28H42N2O3. The molecule has 0 N–H and O–H groups in total. The van der Waals surface area contributed by atoms with Gasteiger partial charge in [0, 0.05) is 17.2 Å². The van der Waals surface area contributed by atoms with Crippen molar-refractivity contribution in [2.45, 2.75) is 90.9 Å². The average molecular weight is 455 g/mol. The molecule has 182 valence electrons. The zero-order valence-corrected chi connectivity index (χ0v) is 20.6. The maximum atomic E-state index is 12.4. The molecule has 0 fully saturated rings. The van der Waals surface area contributed by atoms with Gasteiger partial charge in [0.15, 0.2) is 0 Å². The molecule has 0 bridgehead atoms. The van der Waals surface area contributed by atoms with Gasteiger partial charge in [-0.1, -0.05) is 82.9 Å². The van der Waals surface area contributed by atoms with Crippen LogP contribution in [-0.4, -0.2) is 18.1 Å². The molecule has 0 unspecified atom stereocenters. The minimum Gasteiger partial charge on any atom is -0.594 e. The number of benzene rings is 2. The van der Waals surface area contributed by atoms with Crippen LogP contribution < -0.4 is 9.47 Å². The molecule has 33 heavy (non-hydrogen) atoms. The minimum atomic E-state index is 0.477. The van der Waals surface area contributed by atoms with Crippen molar-refractivity contribution in [2.24, 2.45) is 5.11 Å². The van der Waals surface area contributed by atoms with Crippen LogP contribution in [-0.2, 0) is 0 Å². The van der Waals surface area contributed by atoms with E-state index in [2.05, 4.69) is 19.0 Å². The molecule has 0 atom stereocenters. The summed E-state index contributed by atoms with van der Waals surface area (Å²) in [4.78, 5) is 0.643. The fourth-order valence-electron chi connectivity index (χ4n) is 3.59. The van der Waals surface area contributed by atoms with Crippen LogP contribution in [0.3, 0.4) is 0 Å². The average Bonchev–Trinajstić information content (AvgIpc) is 2.84. The third kappa shape index (κ3) is 11.7. The Balaban J connectivity index is 1.71. The summed E-state index contributed by atoms with van der Waals surface area (Å²) in [5, 5.41) is 16.5. The Kier molecular flexibility index (Phi) is 13.7. The molecule has 5 heteroatoms. The van der Waals surface area contributed by atoms with Crippen molar-refractivity contribution in [3.05, 3.63) is 53.7 Å². The molecule has 0 aliphatic heterocycles. The van der Waals surface area contributed by atoms with Crippen molar-refractivity contribution in [2.75, 3.05) is 13.2 Å². The highest BCUT2D eigenvalue weighted by Gasteiger charge is 2.05. The highest BCUT2D eigenvalue weighted by molar-refractivity contribution is 5.41. The topological polar surface area (TPSA) is 56.9 Å². The molecule has 0 aromatic heterocycles. The lowest BCUT2D eigenvalue weighted by Crippen LogP contribution is -1.98. The Hall–Kier alpha value is -2.56. The summed E-state index contributed by atoms with van der Waals surface area (Å²) in [6, 6.07) is 14.5.